The molecule has 7 heteroatoms. The molecule has 0 aliphatic heterocycles. The van der Waals surface area contributed by atoms with Gasteiger partial charge in [0.25, 0.3) is 5.91 Å². The van der Waals surface area contributed by atoms with E-state index in [0.717, 1.165) is 11.3 Å². The molecule has 0 unspecified atom stereocenters. The van der Waals surface area contributed by atoms with Gasteiger partial charge in [0.05, 0.1) is 19.4 Å². The predicted octanol–water partition coefficient (Wildman–Crippen LogP) is 3.63. The Bertz CT molecular complexity index is 1010. The number of hydrogen-bond donors (Lipinski definition) is 0. The van der Waals surface area contributed by atoms with E-state index >= 15 is 0 Å². The number of aromatic nitrogens is 1. The van der Waals surface area contributed by atoms with E-state index in [1.165, 1.54) is 0 Å². The van der Waals surface area contributed by atoms with E-state index in [1.807, 2.05) is 61.1 Å². The number of hydrogen-bond acceptors (Lipinski definition) is 4. The fourth-order valence-electron chi connectivity index (χ4n) is 3.58. The maximum Gasteiger partial charge on any atom is 0.254 e. The van der Waals surface area contributed by atoms with Crippen molar-refractivity contribution in [2.45, 2.75) is 26.4 Å². The van der Waals surface area contributed by atoms with Crippen LogP contribution in [-0.2, 0) is 29.7 Å². The molecule has 0 radical (unpaired) electrons. The molecule has 0 aliphatic rings. The summed E-state index contributed by atoms with van der Waals surface area (Å²) in [6, 6.07) is 15.0. The van der Waals surface area contributed by atoms with E-state index in [1.54, 1.807) is 35.3 Å². The first-order valence-corrected chi connectivity index (χ1v) is 10.7. The molecule has 7 nitrogen and oxygen atoms in total. The third-order valence-electron chi connectivity index (χ3n) is 5.45. The third-order valence-corrected chi connectivity index (χ3v) is 5.45. The van der Waals surface area contributed by atoms with E-state index in [-0.39, 0.29) is 18.4 Å². The Labute approximate surface area is 189 Å². The quantitative estimate of drug-likeness (QED) is 0.430. The Morgan fingerprint density at radius 1 is 1.03 bits per heavy atom. The zero-order chi connectivity index (χ0) is 22.9. The topological polar surface area (TPSA) is 67.9 Å². The van der Waals surface area contributed by atoms with E-state index in [0.29, 0.717) is 44.0 Å². The normalized spacial score (nSPS) is 10.8. The fourth-order valence-corrected chi connectivity index (χ4v) is 3.58. The average Bonchev–Trinajstić information content (AvgIpc) is 3.44. The lowest BCUT2D eigenvalue weighted by Gasteiger charge is -2.28. The lowest BCUT2D eigenvalue weighted by molar-refractivity contribution is -0.133. The van der Waals surface area contributed by atoms with Crippen LogP contribution in [0.4, 0.5) is 0 Å². The van der Waals surface area contributed by atoms with Crippen molar-refractivity contribution in [3.63, 3.8) is 0 Å². The summed E-state index contributed by atoms with van der Waals surface area (Å²) in [5, 5.41) is 0. The Balaban J connectivity index is 1.80. The van der Waals surface area contributed by atoms with Crippen molar-refractivity contribution >= 4 is 11.8 Å². The zero-order valence-electron chi connectivity index (χ0n) is 19.0. The van der Waals surface area contributed by atoms with Gasteiger partial charge in [0, 0.05) is 44.8 Å². The minimum Gasteiger partial charge on any atom is -0.467 e. The van der Waals surface area contributed by atoms with Gasteiger partial charge in [-0.15, -0.1) is 0 Å². The lowest BCUT2D eigenvalue weighted by Crippen LogP contribution is -2.43. The first-order chi connectivity index (χ1) is 15.5. The summed E-state index contributed by atoms with van der Waals surface area (Å²) in [5.74, 6) is 0.412. The number of furan rings is 1. The molecule has 0 saturated carbocycles. The number of benzene rings is 1. The van der Waals surface area contributed by atoms with Gasteiger partial charge in [0.1, 0.15) is 12.3 Å². The fraction of sp³-hybridized carbons (Fsp3) is 0.360. The van der Waals surface area contributed by atoms with Crippen LogP contribution in [-0.4, -0.2) is 53.0 Å². The number of nitrogens with zero attached hydrogens (tertiary/aromatic N) is 3. The summed E-state index contributed by atoms with van der Waals surface area (Å²) in [6.45, 7) is 3.61. The van der Waals surface area contributed by atoms with E-state index in [2.05, 4.69) is 0 Å². The number of methoxy groups -OCH3 is 1. The molecule has 32 heavy (non-hydrogen) atoms. The molecular weight excluding hydrogens is 406 g/mol. The molecule has 0 saturated heterocycles. The molecule has 0 fully saturated rings. The second-order valence-electron chi connectivity index (χ2n) is 7.83. The van der Waals surface area contributed by atoms with Gasteiger partial charge in [0.2, 0.25) is 5.91 Å². The first-order valence-electron chi connectivity index (χ1n) is 10.7. The molecule has 0 atom stereocenters. The van der Waals surface area contributed by atoms with Gasteiger partial charge in [-0.05, 0) is 49.2 Å². The van der Waals surface area contributed by atoms with Crippen molar-refractivity contribution in [3.8, 4) is 0 Å². The van der Waals surface area contributed by atoms with Gasteiger partial charge < -0.3 is 23.5 Å². The van der Waals surface area contributed by atoms with Crippen molar-refractivity contribution in [2.24, 2.45) is 7.05 Å². The molecule has 3 rings (SSSR count). The molecule has 0 bridgehead atoms. The summed E-state index contributed by atoms with van der Waals surface area (Å²) >= 11 is 0. The zero-order valence-corrected chi connectivity index (χ0v) is 19.0. The molecule has 0 aliphatic carbocycles. The molecule has 2 amide bonds. The number of carbonyl (C=O) groups is 2. The van der Waals surface area contributed by atoms with Crippen LogP contribution in [0.1, 0.15) is 33.8 Å². The van der Waals surface area contributed by atoms with Gasteiger partial charge >= 0.3 is 0 Å². The van der Waals surface area contributed by atoms with Crippen LogP contribution in [0, 0.1) is 6.92 Å². The van der Waals surface area contributed by atoms with E-state index in [9.17, 15) is 9.59 Å². The van der Waals surface area contributed by atoms with Crippen molar-refractivity contribution in [1.82, 2.24) is 14.4 Å². The molecule has 2 heterocycles. The van der Waals surface area contributed by atoms with Crippen LogP contribution >= 0.6 is 0 Å². The maximum absolute atomic E-state index is 13.4. The summed E-state index contributed by atoms with van der Waals surface area (Å²) in [6.07, 6.45) is 4.19. The second kappa shape index (κ2) is 11.3. The highest BCUT2D eigenvalue weighted by Crippen LogP contribution is 2.15. The number of amides is 2. The largest absolute Gasteiger partial charge is 0.467 e. The Morgan fingerprint density at radius 2 is 1.84 bits per heavy atom. The molecule has 3 aromatic rings. The van der Waals surface area contributed by atoms with Gasteiger partial charge in [-0.3, -0.25) is 9.59 Å². The standard InChI is InChI=1S/C25H31N3O4/c1-20-9-4-5-12-23(20)25(30)27(14-8-15-31-3)19-24(29)28(18-22-11-7-16-32-22)17-21-10-6-13-26(21)2/h4-7,9-13,16H,8,14-15,17-19H2,1-3H3. The summed E-state index contributed by atoms with van der Waals surface area (Å²) in [7, 11) is 3.58. The van der Waals surface area contributed by atoms with Crippen LogP contribution in [0.5, 0.6) is 0 Å². The molecule has 2 aromatic heterocycles. The van der Waals surface area contributed by atoms with Gasteiger partial charge in [-0.1, -0.05) is 18.2 Å². The molecule has 0 N–H and O–H groups in total. The second-order valence-corrected chi connectivity index (χ2v) is 7.83. The maximum atomic E-state index is 13.4. The van der Waals surface area contributed by atoms with Crippen LogP contribution in [0.25, 0.3) is 0 Å². The minimum atomic E-state index is -0.149. The summed E-state index contributed by atoms with van der Waals surface area (Å²) in [4.78, 5) is 30.1. The number of aryl methyl sites for hydroxylation is 2. The van der Waals surface area contributed by atoms with Crippen LogP contribution < -0.4 is 0 Å². The summed E-state index contributed by atoms with van der Waals surface area (Å²) < 4.78 is 12.6. The predicted molar refractivity (Wildman–Crippen MR) is 122 cm³/mol. The van der Waals surface area contributed by atoms with Gasteiger partial charge in [-0.2, -0.15) is 0 Å². The highest BCUT2D eigenvalue weighted by Gasteiger charge is 2.24. The molecule has 0 spiro atoms. The number of carbonyl (C=O) groups excluding carboxylic acids is 2. The Morgan fingerprint density at radius 3 is 2.50 bits per heavy atom. The highest BCUT2D eigenvalue weighted by atomic mass is 16.5. The van der Waals surface area contributed by atoms with E-state index in [4.69, 9.17) is 9.15 Å². The van der Waals surface area contributed by atoms with Gasteiger partial charge in [0.15, 0.2) is 0 Å². The molecule has 170 valence electrons. The Hall–Kier alpha value is -3.32. The third kappa shape index (κ3) is 6.11. The van der Waals surface area contributed by atoms with Crippen molar-refractivity contribution in [1.29, 1.82) is 0 Å². The van der Waals surface area contributed by atoms with Crippen molar-refractivity contribution in [3.05, 3.63) is 83.6 Å². The van der Waals surface area contributed by atoms with Crippen molar-refractivity contribution in [2.75, 3.05) is 26.8 Å². The molecular formula is C25H31N3O4. The highest BCUT2D eigenvalue weighted by molar-refractivity contribution is 5.97. The van der Waals surface area contributed by atoms with Crippen LogP contribution in [0.2, 0.25) is 0 Å². The first kappa shape index (κ1) is 23.3. The monoisotopic (exact) mass is 437 g/mol. The smallest absolute Gasteiger partial charge is 0.254 e. The number of ether oxygens (including phenoxy) is 1. The SMILES string of the molecule is COCCCN(CC(=O)N(Cc1ccco1)Cc1cccn1C)C(=O)c1ccccc1C. The lowest BCUT2D eigenvalue weighted by atomic mass is 10.1. The summed E-state index contributed by atoms with van der Waals surface area (Å²) in [5.41, 5.74) is 2.50. The van der Waals surface area contributed by atoms with Crippen LogP contribution in [0.3, 0.4) is 0 Å². The van der Waals surface area contributed by atoms with Gasteiger partial charge in [-0.25, -0.2) is 0 Å². The Kier molecular flexibility index (Phi) is 8.27. The van der Waals surface area contributed by atoms with E-state index < -0.39 is 0 Å². The van der Waals surface area contributed by atoms with Crippen LogP contribution in [0.15, 0.2) is 65.4 Å². The number of rotatable bonds is 11. The van der Waals surface area contributed by atoms with Crippen molar-refractivity contribution < 1.29 is 18.7 Å². The average molecular weight is 438 g/mol. The molecule has 1 aromatic carbocycles. The minimum absolute atomic E-state index is 0.0119.